The SMILES string of the molecule is CCOC(=O)C=C(C)NC(C)C(=O)[O-].[K+]. The summed E-state index contributed by atoms with van der Waals surface area (Å²) in [5.74, 6) is -1.72. The van der Waals surface area contributed by atoms with Gasteiger partial charge in [-0.1, -0.05) is 0 Å². The van der Waals surface area contributed by atoms with Crippen molar-refractivity contribution < 1.29 is 70.8 Å². The molecule has 0 rings (SSSR count). The Hall–Kier alpha value is 0.116. The van der Waals surface area contributed by atoms with Gasteiger partial charge in [0, 0.05) is 11.8 Å². The van der Waals surface area contributed by atoms with E-state index in [9.17, 15) is 14.7 Å². The first-order valence-electron chi connectivity index (χ1n) is 4.29. The van der Waals surface area contributed by atoms with Crippen molar-refractivity contribution in [1.82, 2.24) is 5.32 Å². The summed E-state index contributed by atoms with van der Waals surface area (Å²) in [5.41, 5.74) is 0.431. The molecule has 0 amide bonds. The number of carboxylic acids is 1. The van der Waals surface area contributed by atoms with E-state index in [0.29, 0.717) is 12.3 Å². The Morgan fingerprint density at radius 3 is 2.47 bits per heavy atom. The number of ether oxygens (including phenoxy) is 1. The molecule has 0 spiro atoms. The second kappa shape index (κ2) is 9.35. The second-order valence-electron chi connectivity index (χ2n) is 2.76. The van der Waals surface area contributed by atoms with Crippen LogP contribution < -0.4 is 61.8 Å². The van der Waals surface area contributed by atoms with E-state index in [2.05, 4.69) is 10.1 Å². The molecular formula is C9H14KNO4. The third kappa shape index (κ3) is 9.07. The van der Waals surface area contributed by atoms with Crippen LogP contribution in [-0.4, -0.2) is 24.6 Å². The molecule has 0 aliphatic heterocycles. The zero-order chi connectivity index (χ0) is 11.1. The minimum absolute atomic E-state index is 0. The summed E-state index contributed by atoms with van der Waals surface area (Å²) in [6, 6.07) is -0.833. The maximum Gasteiger partial charge on any atom is 1.00 e. The summed E-state index contributed by atoms with van der Waals surface area (Å²) >= 11 is 0. The van der Waals surface area contributed by atoms with Crippen LogP contribution in [0.3, 0.4) is 0 Å². The van der Waals surface area contributed by atoms with Crippen LogP contribution >= 0.6 is 0 Å². The molecule has 15 heavy (non-hydrogen) atoms. The molecule has 0 fully saturated rings. The number of rotatable bonds is 5. The van der Waals surface area contributed by atoms with Gasteiger partial charge in [-0.15, -0.1) is 0 Å². The normalized spacial score (nSPS) is 12.3. The molecule has 0 aromatic heterocycles. The zero-order valence-corrected chi connectivity index (χ0v) is 12.6. The molecule has 1 atom stereocenters. The van der Waals surface area contributed by atoms with Gasteiger partial charge in [0.05, 0.1) is 18.6 Å². The van der Waals surface area contributed by atoms with Gasteiger partial charge in [-0.05, 0) is 20.8 Å². The molecule has 1 unspecified atom stereocenters. The van der Waals surface area contributed by atoms with Gasteiger partial charge in [0.15, 0.2) is 0 Å². The molecule has 0 bridgehead atoms. The van der Waals surface area contributed by atoms with Crippen LogP contribution in [0.25, 0.3) is 0 Å². The van der Waals surface area contributed by atoms with E-state index in [-0.39, 0.29) is 51.4 Å². The Labute approximate surface area is 132 Å². The van der Waals surface area contributed by atoms with Crippen LogP contribution in [0.15, 0.2) is 11.8 Å². The molecule has 0 saturated heterocycles. The average molecular weight is 239 g/mol. The fourth-order valence-corrected chi connectivity index (χ4v) is 0.803. The molecule has 0 radical (unpaired) electrons. The zero-order valence-electron chi connectivity index (χ0n) is 9.49. The van der Waals surface area contributed by atoms with E-state index < -0.39 is 18.0 Å². The fourth-order valence-electron chi connectivity index (χ4n) is 0.803. The van der Waals surface area contributed by atoms with Crippen molar-refractivity contribution in [3.8, 4) is 0 Å². The summed E-state index contributed by atoms with van der Waals surface area (Å²) in [6.45, 7) is 4.99. The number of esters is 1. The van der Waals surface area contributed by atoms with Crippen molar-refractivity contribution in [2.24, 2.45) is 0 Å². The van der Waals surface area contributed by atoms with Crippen molar-refractivity contribution in [1.29, 1.82) is 0 Å². The third-order valence-corrected chi connectivity index (χ3v) is 1.42. The van der Waals surface area contributed by atoms with E-state index in [1.807, 2.05) is 0 Å². The third-order valence-electron chi connectivity index (χ3n) is 1.42. The van der Waals surface area contributed by atoms with Gasteiger partial charge >= 0.3 is 57.4 Å². The predicted octanol–water partition coefficient (Wildman–Crippen LogP) is -3.81. The first-order valence-corrected chi connectivity index (χ1v) is 4.29. The summed E-state index contributed by atoms with van der Waals surface area (Å²) in [4.78, 5) is 21.2. The van der Waals surface area contributed by atoms with Crippen molar-refractivity contribution in [3.05, 3.63) is 11.8 Å². The summed E-state index contributed by atoms with van der Waals surface area (Å²) in [5, 5.41) is 12.9. The quantitative estimate of drug-likeness (QED) is 0.302. The number of allylic oxidation sites excluding steroid dienone is 1. The van der Waals surface area contributed by atoms with Crippen LogP contribution in [0.4, 0.5) is 0 Å². The van der Waals surface area contributed by atoms with Gasteiger partial charge in [-0.2, -0.15) is 0 Å². The second-order valence-corrected chi connectivity index (χ2v) is 2.76. The van der Waals surface area contributed by atoms with Crippen LogP contribution in [0.2, 0.25) is 0 Å². The van der Waals surface area contributed by atoms with Crippen molar-refractivity contribution in [2.45, 2.75) is 26.8 Å². The van der Waals surface area contributed by atoms with Gasteiger partial charge in [0.25, 0.3) is 0 Å². The Bertz CT molecular complexity index is 252. The Morgan fingerprint density at radius 2 is 2.07 bits per heavy atom. The van der Waals surface area contributed by atoms with Crippen molar-refractivity contribution in [2.75, 3.05) is 6.61 Å². The summed E-state index contributed by atoms with van der Waals surface area (Å²) < 4.78 is 4.64. The van der Waals surface area contributed by atoms with E-state index >= 15 is 0 Å². The Balaban J connectivity index is 0. The number of nitrogens with one attached hydrogen (secondary N) is 1. The van der Waals surface area contributed by atoms with E-state index in [1.165, 1.54) is 13.0 Å². The molecule has 0 aliphatic rings. The molecule has 0 aromatic carbocycles. The number of hydrogen-bond acceptors (Lipinski definition) is 5. The standard InChI is InChI=1S/C9H15NO4.K/c1-4-14-8(11)5-6(2)10-7(3)9(12)13;/h5,7,10H,4H2,1-3H3,(H,12,13);/q;+1/p-1. The molecule has 0 heterocycles. The maximum atomic E-state index is 10.9. The monoisotopic (exact) mass is 239 g/mol. The molecule has 0 aromatic rings. The van der Waals surface area contributed by atoms with Gasteiger partial charge in [-0.3, -0.25) is 0 Å². The van der Waals surface area contributed by atoms with E-state index in [1.54, 1.807) is 13.8 Å². The van der Waals surface area contributed by atoms with Crippen molar-refractivity contribution >= 4 is 11.9 Å². The molecule has 6 heteroatoms. The molecule has 0 saturated carbocycles. The van der Waals surface area contributed by atoms with Crippen LogP contribution in [0, 0.1) is 0 Å². The topological polar surface area (TPSA) is 78.5 Å². The molecule has 80 valence electrons. The summed E-state index contributed by atoms with van der Waals surface area (Å²) in [6.07, 6.45) is 1.20. The van der Waals surface area contributed by atoms with E-state index in [0.717, 1.165) is 0 Å². The number of carbonyl (C=O) groups excluding carboxylic acids is 2. The first kappa shape index (κ1) is 17.5. The number of hydrogen-bond donors (Lipinski definition) is 1. The van der Waals surface area contributed by atoms with Gasteiger partial charge < -0.3 is 20.0 Å². The maximum absolute atomic E-state index is 10.9. The molecule has 5 nitrogen and oxygen atoms in total. The molecule has 0 aliphatic carbocycles. The molecular weight excluding hydrogens is 225 g/mol. The van der Waals surface area contributed by atoms with Gasteiger partial charge in [0.1, 0.15) is 0 Å². The van der Waals surface area contributed by atoms with Crippen molar-refractivity contribution in [3.63, 3.8) is 0 Å². The Morgan fingerprint density at radius 1 is 1.53 bits per heavy atom. The number of carboxylic acid groups (broad SMARTS) is 1. The Kier molecular flexibility index (Phi) is 10.9. The largest absolute Gasteiger partial charge is 1.00 e. The van der Waals surface area contributed by atoms with E-state index in [4.69, 9.17) is 0 Å². The minimum atomic E-state index is -1.22. The smallest absolute Gasteiger partial charge is 0.548 e. The van der Waals surface area contributed by atoms with Gasteiger partial charge in [0.2, 0.25) is 0 Å². The van der Waals surface area contributed by atoms with Crippen LogP contribution in [0.5, 0.6) is 0 Å². The van der Waals surface area contributed by atoms with Crippen LogP contribution in [0.1, 0.15) is 20.8 Å². The van der Waals surface area contributed by atoms with Gasteiger partial charge in [-0.25, -0.2) is 4.79 Å². The fraction of sp³-hybridized carbons (Fsp3) is 0.556. The molecule has 1 N–H and O–H groups in total. The predicted molar refractivity (Wildman–Crippen MR) is 48.0 cm³/mol. The number of aliphatic carboxylic acids is 1. The first-order chi connectivity index (χ1) is 6.47. The average Bonchev–Trinajstić information content (AvgIpc) is 2.03. The number of carbonyl (C=O) groups is 2. The minimum Gasteiger partial charge on any atom is -0.548 e. The summed E-state index contributed by atoms with van der Waals surface area (Å²) in [7, 11) is 0. The van der Waals surface area contributed by atoms with Crippen LogP contribution in [-0.2, 0) is 14.3 Å².